The Kier molecular flexibility index (Phi) is 4.05. The zero-order chi connectivity index (χ0) is 15.6. The highest BCUT2D eigenvalue weighted by Crippen LogP contribution is 2.32. The number of carbonyl (C=O) groups is 2. The minimum atomic E-state index is -2.04. The Bertz CT molecular complexity index is 720. The lowest BCUT2D eigenvalue weighted by Crippen LogP contribution is -2.33. The summed E-state index contributed by atoms with van der Waals surface area (Å²) in [5.74, 6) is -4.55. The van der Waals surface area contributed by atoms with Crippen LogP contribution >= 0.6 is 0 Å². The van der Waals surface area contributed by atoms with Crippen LogP contribution < -0.4 is 0 Å². The molecule has 0 radical (unpaired) electrons. The number of rotatable bonds is 5. The Balaban J connectivity index is 2.80. The van der Waals surface area contributed by atoms with E-state index in [0.717, 1.165) is 5.39 Å². The normalized spacial score (nSPS) is 13.6. The summed E-state index contributed by atoms with van der Waals surface area (Å²) in [7, 11) is 0. The van der Waals surface area contributed by atoms with Gasteiger partial charge in [-0.3, -0.25) is 4.79 Å². The second-order valence-electron chi connectivity index (χ2n) is 4.59. The molecule has 2 aromatic rings. The van der Waals surface area contributed by atoms with Crippen molar-refractivity contribution in [1.82, 2.24) is 0 Å². The molecule has 3 N–H and O–H groups in total. The number of hydrogen-bond acceptors (Lipinski definition) is 3. The Morgan fingerprint density at radius 2 is 1.71 bits per heavy atom. The third-order valence-electron chi connectivity index (χ3n) is 3.37. The van der Waals surface area contributed by atoms with Gasteiger partial charge in [0.2, 0.25) is 0 Å². The van der Waals surface area contributed by atoms with E-state index >= 15 is 0 Å². The molecule has 0 fully saturated rings. The highest BCUT2D eigenvalue weighted by Gasteiger charge is 2.35. The third kappa shape index (κ3) is 2.64. The van der Waals surface area contributed by atoms with Gasteiger partial charge in [0.25, 0.3) is 0 Å². The van der Waals surface area contributed by atoms with Crippen LogP contribution in [0.2, 0.25) is 0 Å². The van der Waals surface area contributed by atoms with Gasteiger partial charge in [0.1, 0.15) is 5.92 Å². The van der Waals surface area contributed by atoms with E-state index in [4.69, 9.17) is 5.11 Å². The molecule has 0 aliphatic carbocycles. The second kappa shape index (κ2) is 5.76. The molecule has 0 aliphatic rings. The lowest BCUT2D eigenvalue weighted by Gasteiger charge is -2.20. The molecule has 0 bridgehead atoms. The largest absolute Gasteiger partial charge is 0.481 e. The zero-order valence-electron chi connectivity index (χ0n) is 11.1. The van der Waals surface area contributed by atoms with Crippen molar-refractivity contribution in [3.05, 3.63) is 54.1 Å². The number of benzene rings is 2. The van der Waals surface area contributed by atoms with Crippen molar-refractivity contribution in [3.63, 3.8) is 0 Å². The molecule has 21 heavy (non-hydrogen) atoms. The van der Waals surface area contributed by atoms with Crippen LogP contribution in [0.1, 0.15) is 17.0 Å². The molecular weight excluding hydrogens is 272 g/mol. The van der Waals surface area contributed by atoms with E-state index in [2.05, 4.69) is 6.58 Å². The first kappa shape index (κ1) is 14.7. The monoisotopic (exact) mass is 286 g/mol. The molecule has 0 saturated heterocycles. The maximum atomic E-state index is 11.5. The van der Waals surface area contributed by atoms with Crippen molar-refractivity contribution in [1.29, 1.82) is 0 Å². The number of hydrogen-bond donors (Lipinski definition) is 3. The van der Waals surface area contributed by atoms with Gasteiger partial charge in [-0.1, -0.05) is 49.1 Å². The molecule has 0 aliphatic heterocycles. The van der Waals surface area contributed by atoms with Gasteiger partial charge in [-0.25, -0.2) is 4.79 Å². The number of aliphatic hydroxyl groups excluding tert-OH is 1. The van der Waals surface area contributed by atoms with Crippen molar-refractivity contribution in [2.45, 2.75) is 12.0 Å². The fourth-order valence-electron chi connectivity index (χ4n) is 2.40. The molecule has 2 rings (SSSR count). The molecule has 2 aromatic carbocycles. The standard InChI is InChI=1S/C16H14O5/c1-2-9-7-8-10-5-3-4-6-11(10)12(9)13(15(18)19)14(17)16(20)21/h2-8,13-14,17H,1H2,(H,18,19)(H,20,21). The Hall–Kier alpha value is -2.66. The summed E-state index contributed by atoms with van der Waals surface area (Å²) in [6.45, 7) is 3.62. The Morgan fingerprint density at radius 1 is 1.05 bits per heavy atom. The van der Waals surface area contributed by atoms with Crippen molar-refractivity contribution < 1.29 is 24.9 Å². The fourth-order valence-corrected chi connectivity index (χ4v) is 2.40. The molecule has 5 nitrogen and oxygen atoms in total. The van der Waals surface area contributed by atoms with Crippen LogP contribution in [0.15, 0.2) is 43.0 Å². The van der Waals surface area contributed by atoms with Crippen molar-refractivity contribution in [2.24, 2.45) is 0 Å². The summed E-state index contributed by atoms with van der Waals surface area (Å²) in [5.41, 5.74) is 0.743. The maximum Gasteiger partial charge on any atom is 0.333 e. The second-order valence-corrected chi connectivity index (χ2v) is 4.59. The molecule has 5 heteroatoms. The van der Waals surface area contributed by atoms with Gasteiger partial charge in [0.15, 0.2) is 6.10 Å². The summed E-state index contributed by atoms with van der Waals surface area (Å²) in [6.07, 6.45) is -0.585. The summed E-state index contributed by atoms with van der Waals surface area (Å²) < 4.78 is 0. The minimum Gasteiger partial charge on any atom is -0.481 e. The third-order valence-corrected chi connectivity index (χ3v) is 3.37. The molecular formula is C16H14O5. The summed E-state index contributed by atoms with van der Waals surface area (Å²) in [6, 6.07) is 10.5. The quantitative estimate of drug-likeness (QED) is 0.782. The molecule has 0 saturated carbocycles. The van der Waals surface area contributed by atoms with Gasteiger partial charge >= 0.3 is 11.9 Å². The van der Waals surface area contributed by atoms with E-state index in [1.807, 2.05) is 0 Å². The lowest BCUT2D eigenvalue weighted by atomic mass is 9.85. The van der Waals surface area contributed by atoms with Crippen LogP contribution in [0.25, 0.3) is 16.8 Å². The van der Waals surface area contributed by atoms with E-state index in [0.29, 0.717) is 10.9 Å². The van der Waals surface area contributed by atoms with Crippen LogP contribution in [0.3, 0.4) is 0 Å². The van der Waals surface area contributed by atoms with E-state index in [-0.39, 0.29) is 5.56 Å². The lowest BCUT2D eigenvalue weighted by molar-refractivity contribution is -0.155. The molecule has 2 atom stereocenters. The molecule has 0 heterocycles. The molecule has 0 amide bonds. The average Bonchev–Trinajstić information content (AvgIpc) is 2.47. The first-order valence-electron chi connectivity index (χ1n) is 6.25. The van der Waals surface area contributed by atoms with Crippen molar-refractivity contribution in [3.8, 4) is 0 Å². The highest BCUT2D eigenvalue weighted by molar-refractivity contribution is 5.96. The molecule has 2 unspecified atom stereocenters. The van der Waals surface area contributed by atoms with Crippen molar-refractivity contribution in [2.75, 3.05) is 0 Å². The van der Waals surface area contributed by atoms with Crippen LogP contribution in [-0.4, -0.2) is 33.4 Å². The first-order chi connectivity index (χ1) is 9.97. The maximum absolute atomic E-state index is 11.5. The number of carboxylic acids is 2. The Labute approximate surface area is 120 Å². The first-order valence-corrected chi connectivity index (χ1v) is 6.25. The van der Waals surface area contributed by atoms with E-state index in [9.17, 15) is 19.8 Å². The van der Waals surface area contributed by atoms with Crippen molar-refractivity contribution >= 4 is 28.8 Å². The van der Waals surface area contributed by atoms with Gasteiger partial charge in [0, 0.05) is 0 Å². The molecule has 0 aromatic heterocycles. The number of aliphatic hydroxyl groups is 1. The topological polar surface area (TPSA) is 94.8 Å². The van der Waals surface area contributed by atoms with Gasteiger partial charge in [-0.2, -0.15) is 0 Å². The predicted molar refractivity (Wildman–Crippen MR) is 78.1 cm³/mol. The Morgan fingerprint density at radius 3 is 2.29 bits per heavy atom. The van der Waals surface area contributed by atoms with Crippen LogP contribution in [-0.2, 0) is 9.59 Å². The number of aliphatic carboxylic acids is 2. The van der Waals surface area contributed by atoms with Gasteiger partial charge in [0.05, 0.1) is 0 Å². The van der Waals surface area contributed by atoms with Gasteiger partial charge in [-0.05, 0) is 21.9 Å². The summed E-state index contributed by atoms with van der Waals surface area (Å²) in [5, 5.41) is 29.5. The molecule has 0 spiro atoms. The van der Waals surface area contributed by atoms with Crippen LogP contribution in [0.4, 0.5) is 0 Å². The fraction of sp³-hybridized carbons (Fsp3) is 0.125. The average molecular weight is 286 g/mol. The highest BCUT2D eigenvalue weighted by atomic mass is 16.4. The van der Waals surface area contributed by atoms with Gasteiger partial charge in [-0.15, -0.1) is 0 Å². The smallest absolute Gasteiger partial charge is 0.333 e. The zero-order valence-corrected chi connectivity index (χ0v) is 11.1. The van der Waals surface area contributed by atoms with Gasteiger partial charge < -0.3 is 15.3 Å². The van der Waals surface area contributed by atoms with E-state index in [1.165, 1.54) is 6.08 Å². The van der Waals surface area contributed by atoms with Crippen LogP contribution in [0, 0.1) is 0 Å². The minimum absolute atomic E-state index is 0.255. The number of fused-ring (bicyclic) bond motifs is 1. The van der Waals surface area contributed by atoms with E-state index in [1.54, 1.807) is 36.4 Å². The number of carboxylic acid groups (broad SMARTS) is 2. The molecule has 108 valence electrons. The summed E-state index contributed by atoms with van der Waals surface area (Å²) >= 11 is 0. The van der Waals surface area contributed by atoms with Crippen LogP contribution in [0.5, 0.6) is 0 Å². The predicted octanol–water partition coefficient (Wildman–Crippen LogP) is 2.10. The summed E-state index contributed by atoms with van der Waals surface area (Å²) in [4.78, 5) is 22.5. The SMILES string of the molecule is C=Cc1ccc2ccccc2c1C(C(=O)O)C(O)C(=O)O. The van der Waals surface area contributed by atoms with E-state index < -0.39 is 24.0 Å².